The maximum absolute atomic E-state index is 11.7. The molecule has 7 heteroatoms. The van der Waals surface area contributed by atoms with Gasteiger partial charge in [-0.1, -0.05) is 11.6 Å². The van der Waals surface area contributed by atoms with E-state index in [9.17, 15) is 8.42 Å². The van der Waals surface area contributed by atoms with Gasteiger partial charge in [0.05, 0.1) is 9.59 Å². The molecule has 17 heavy (non-hydrogen) atoms. The molecule has 1 atom stereocenters. The molecule has 0 fully saturated rings. The maximum Gasteiger partial charge on any atom is 0.215 e. The molecule has 4 nitrogen and oxygen atoms in total. The first-order valence-corrected chi connectivity index (χ1v) is 8.07. The molecule has 1 aromatic rings. The van der Waals surface area contributed by atoms with Gasteiger partial charge in [-0.25, -0.2) is 13.1 Å². The monoisotopic (exact) mass is 296 g/mol. The largest absolute Gasteiger partial charge is 0.318 e. The van der Waals surface area contributed by atoms with Crippen molar-refractivity contribution in [3.05, 3.63) is 21.3 Å². The van der Waals surface area contributed by atoms with Crippen LogP contribution in [0, 0.1) is 0 Å². The summed E-state index contributed by atoms with van der Waals surface area (Å²) in [5.41, 5.74) is 0. The van der Waals surface area contributed by atoms with E-state index >= 15 is 0 Å². The quantitative estimate of drug-likeness (QED) is 0.801. The van der Waals surface area contributed by atoms with Gasteiger partial charge in [0.25, 0.3) is 0 Å². The lowest BCUT2D eigenvalue weighted by atomic mass is 10.3. The molecule has 98 valence electrons. The Hall–Kier alpha value is -0.140. The Morgan fingerprint density at radius 2 is 2.18 bits per heavy atom. The summed E-state index contributed by atoms with van der Waals surface area (Å²) in [6.07, 6.45) is 0.670. The molecule has 0 aliphatic rings. The second-order valence-electron chi connectivity index (χ2n) is 3.76. The minimum absolute atomic E-state index is 0.410. The summed E-state index contributed by atoms with van der Waals surface area (Å²) in [6.45, 7) is 2.54. The average Bonchev–Trinajstić information content (AvgIpc) is 2.64. The van der Waals surface area contributed by atoms with Gasteiger partial charge in [0, 0.05) is 18.0 Å². The molecule has 0 bridgehead atoms. The van der Waals surface area contributed by atoms with E-state index in [2.05, 4.69) is 10.0 Å². The molecule has 1 aromatic heterocycles. The van der Waals surface area contributed by atoms with E-state index < -0.39 is 15.3 Å². The Labute approximate surface area is 111 Å². The van der Waals surface area contributed by atoms with Crippen molar-refractivity contribution in [3.8, 4) is 0 Å². The molecule has 0 saturated heterocycles. The standard InChI is InChI=1S/C10H17ClN2O2S2/c1-8(7-12-2)17(14,15)13-6-5-9-3-4-10(11)16-9/h3-4,8,12-13H,5-7H2,1-2H3. The summed E-state index contributed by atoms with van der Waals surface area (Å²) in [7, 11) is -1.49. The fourth-order valence-corrected chi connectivity index (χ4v) is 3.49. The molecule has 0 aliphatic carbocycles. The third kappa shape index (κ3) is 4.93. The minimum Gasteiger partial charge on any atom is -0.318 e. The van der Waals surface area contributed by atoms with Gasteiger partial charge in [0.15, 0.2) is 0 Å². The van der Waals surface area contributed by atoms with Crippen LogP contribution >= 0.6 is 22.9 Å². The first-order valence-electron chi connectivity index (χ1n) is 5.33. The topological polar surface area (TPSA) is 58.2 Å². The number of sulfonamides is 1. The number of nitrogens with one attached hydrogen (secondary N) is 2. The highest BCUT2D eigenvalue weighted by Gasteiger charge is 2.18. The first kappa shape index (κ1) is 14.9. The van der Waals surface area contributed by atoms with Gasteiger partial charge in [0.2, 0.25) is 10.0 Å². The van der Waals surface area contributed by atoms with E-state index in [4.69, 9.17) is 11.6 Å². The van der Waals surface area contributed by atoms with Gasteiger partial charge >= 0.3 is 0 Å². The molecule has 0 aromatic carbocycles. The first-order chi connectivity index (χ1) is 7.95. The SMILES string of the molecule is CNCC(C)S(=O)(=O)NCCc1ccc(Cl)s1. The lowest BCUT2D eigenvalue weighted by Crippen LogP contribution is -2.38. The predicted molar refractivity (Wildman–Crippen MR) is 73.3 cm³/mol. The second-order valence-corrected chi connectivity index (χ2v) is 7.75. The third-order valence-electron chi connectivity index (χ3n) is 2.32. The van der Waals surface area contributed by atoms with Crippen molar-refractivity contribution in [1.82, 2.24) is 10.0 Å². The summed E-state index contributed by atoms with van der Waals surface area (Å²) in [5.74, 6) is 0. The zero-order chi connectivity index (χ0) is 12.9. The molecule has 1 rings (SSSR count). The van der Waals surface area contributed by atoms with Crippen LogP contribution in [0.2, 0.25) is 4.34 Å². The molecule has 2 N–H and O–H groups in total. The zero-order valence-electron chi connectivity index (χ0n) is 9.86. The van der Waals surface area contributed by atoms with Gasteiger partial charge in [0.1, 0.15) is 0 Å². The van der Waals surface area contributed by atoms with Gasteiger partial charge in [-0.15, -0.1) is 11.3 Å². The molecule has 0 radical (unpaired) electrons. The fraction of sp³-hybridized carbons (Fsp3) is 0.600. The number of halogens is 1. The highest BCUT2D eigenvalue weighted by Crippen LogP contribution is 2.21. The molecule has 0 saturated carbocycles. The Kier molecular flexibility index (Phi) is 5.88. The number of hydrogen-bond acceptors (Lipinski definition) is 4. The predicted octanol–water partition coefficient (Wildman–Crippen LogP) is 1.47. The molecule has 0 spiro atoms. The van der Waals surface area contributed by atoms with Gasteiger partial charge < -0.3 is 5.32 Å². The minimum atomic E-state index is -3.23. The number of thiophene rings is 1. The molecule has 0 aliphatic heterocycles. The summed E-state index contributed by atoms with van der Waals surface area (Å²) < 4.78 is 26.8. The zero-order valence-corrected chi connectivity index (χ0v) is 12.3. The molecular weight excluding hydrogens is 280 g/mol. The van der Waals surface area contributed by atoms with E-state index in [1.165, 1.54) is 11.3 Å². The van der Waals surface area contributed by atoms with Crippen molar-refractivity contribution in [3.63, 3.8) is 0 Å². The van der Waals surface area contributed by atoms with E-state index in [0.29, 0.717) is 19.5 Å². The van der Waals surface area contributed by atoms with Gasteiger partial charge in [-0.2, -0.15) is 0 Å². The van der Waals surface area contributed by atoms with Crippen molar-refractivity contribution in [2.24, 2.45) is 0 Å². The highest BCUT2D eigenvalue weighted by molar-refractivity contribution is 7.90. The number of rotatable bonds is 7. The summed E-state index contributed by atoms with van der Waals surface area (Å²) in [4.78, 5) is 1.08. The van der Waals surface area contributed by atoms with Crippen molar-refractivity contribution in [2.75, 3.05) is 20.1 Å². The van der Waals surface area contributed by atoms with Crippen molar-refractivity contribution in [1.29, 1.82) is 0 Å². The van der Waals surface area contributed by atoms with E-state index in [0.717, 1.165) is 9.21 Å². The van der Waals surface area contributed by atoms with Crippen LogP contribution in [0.3, 0.4) is 0 Å². The smallest absolute Gasteiger partial charge is 0.215 e. The van der Waals surface area contributed by atoms with Crippen LogP contribution in [-0.2, 0) is 16.4 Å². The lowest BCUT2D eigenvalue weighted by Gasteiger charge is -2.12. The molecule has 1 unspecified atom stereocenters. The van der Waals surface area contributed by atoms with Crippen LogP contribution in [0.5, 0.6) is 0 Å². The van der Waals surface area contributed by atoms with E-state index in [-0.39, 0.29) is 0 Å². The Bertz CT molecular complexity index is 445. The maximum atomic E-state index is 11.7. The van der Waals surface area contributed by atoms with Crippen LogP contribution in [0.4, 0.5) is 0 Å². The summed E-state index contributed by atoms with van der Waals surface area (Å²) >= 11 is 7.27. The van der Waals surface area contributed by atoms with Crippen LogP contribution in [0.25, 0.3) is 0 Å². The Morgan fingerprint density at radius 1 is 1.47 bits per heavy atom. The normalized spacial score (nSPS) is 13.8. The Morgan fingerprint density at radius 3 is 2.71 bits per heavy atom. The van der Waals surface area contributed by atoms with Crippen LogP contribution in [0.15, 0.2) is 12.1 Å². The average molecular weight is 297 g/mol. The van der Waals surface area contributed by atoms with Crippen molar-refractivity contribution < 1.29 is 8.42 Å². The lowest BCUT2D eigenvalue weighted by molar-refractivity contribution is 0.564. The van der Waals surface area contributed by atoms with E-state index in [1.807, 2.05) is 12.1 Å². The summed E-state index contributed by atoms with van der Waals surface area (Å²) in [5, 5.41) is 2.42. The van der Waals surface area contributed by atoms with Gasteiger partial charge in [-0.05, 0) is 32.5 Å². The Balaban J connectivity index is 2.40. The van der Waals surface area contributed by atoms with Crippen LogP contribution in [-0.4, -0.2) is 33.8 Å². The fourth-order valence-electron chi connectivity index (χ4n) is 1.34. The van der Waals surface area contributed by atoms with E-state index in [1.54, 1.807) is 14.0 Å². The van der Waals surface area contributed by atoms with Gasteiger partial charge in [-0.3, -0.25) is 0 Å². The summed E-state index contributed by atoms with van der Waals surface area (Å²) in [6, 6.07) is 3.73. The van der Waals surface area contributed by atoms with Crippen molar-refractivity contribution in [2.45, 2.75) is 18.6 Å². The van der Waals surface area contributed by atoms with Crippen LogP contribution in [0.1, 0.15) is 11.8 Å². The van der Waals surface area contributed by atoms with Crippen molar-refractivity contribution >= 4 is 33.0 Å². The number of hydrogen-bond donors (Lipinski definition) is 2. The third-order valence-corrected chi connectivity index (χ3v) is 5.45. The molecule has 1 heterocycles. The van der Waals surface area contributed by atoms with Crippen LogP contribution < -0.4 is 10.0 Å². The second kappa shape index (κ2) is 6.70. The molecule has 0 amide bonds. The molecular formula is C10H17ClN2O2S2. The highest BCUT2D eigenvalue weighted by atomic mass is 35.5.